The van der Waals surface area contributed by atoms with Crippen LogP contribution in [0.2, 0.25) is 0 Å². The molecule has 3 nitrogen and oxygen atoms in total. The zero-order valence-electron chi connectivity index (χ0n) is 11.8. The van der Waals surface area contributed by atoms with E-state index in [4.69, 9.17) is 0 Å². The van der Waals surface area contributed by atoms with E-state index in [1.807, 2.05) is 11.7 Å². The van der Waals surface area contributed by atoms with Gasteiger partial charge in [0.15, 0.2) is 0 Å². The van der Waals surface area contributed by atoms with E-state index >= 15 is 0 Å². The molecule has 0 saturated heterocycles. The van der Waals surface area contributed by atoms with Gasteiger partial charge in [-0.25, -0.2) is 0 Å². The van der Waals surface area contributed by atoms with E-state index in [0.29, 0.717) is 11.5 Å². The molecule has 1 aliphatic carbocycles. The van der Waals surface area contributed by atoms with Gasteiger partial charge in [-0.2, -0.15) is 5.10 Å². The second-order valence-electron chi connectivity index (χ2n) is 5.66. The van der Waals surface area contributed by atoms with Crippen molar-refractivity contribution in [2.75, 3.05) is 6.54 Å². The lowest BCUT2D eigenvalue weighted by atomic mass is 10.0. The van der Waals surface area contributed by atoms with E-state index in [0.717, 1.165) is 12.2 Å². The topological polar surface area (TPSA) is 29.9 Å². The highest BCUT2D eigenvalue weighted by atomic mass is 15.3. The Morgan fingerprint density at radius 2 is 2.06 bits per heavy atom. The Kier molecular flexibility index (Phi) is 3.30. The van der Waals surface area contributed by atoms with Gasteiger partial charge in [0.2, 0.25) is 0 Å². The smallest absolute Gasteiger partial charge is 0.0644 e. The van der Waals surface area contributed by atoms with Crippen LogP contribution in [0.25, 0.3) is 0 Å². The van der Waals surface area contributed by atoms with Gasteiger partial charge in [0.25, 0.3) is 0 Å². The second kappa shape index (κ2) is 4.45. The van der Waals surface area contributed by atoms with Gasteiger partial charge < -0.3 is 5.32 Å². The second-order valence-corrected chi connectivity index (χ2v) is 5.66. The molecule has 1 N–H and O–H groups in total. The predicted molar refractivity (Wildman–Crippen MR) is 71.1 cm³/mol. The lowest BCUT2D eigenvalue weighted by Gasteiger charge is -2.19. The predicted octanol–water partition coefficient (Wildman–Crippen LogP) is 2.88. The number of nitrogens with zero attached hydrogens (tertiary/aromatic N) is 2. The van der Waals surface area contributed by atoms with Gasteiger partial charge in [-0.15, -0.1) is 0 Å². The minimum atomic E-state index is 0.410. The average Bonchev–Trinajstić information content (AvgIpc) is 3.02. The molecule has 1 fully saturated rings. The fourth-order valence-electron chi connectivity index (χ4n) is 2.72. The Bertz CT molecular complexity index is 402. The van der Waals surface area contributed by atoms with Crippen molar-refractivity contribution in [3.05, 3.63) is 17.0 Å². The van der Waals surface area contributed by atoms with Crippen LogP contribution in [-0.4, -0.2) is 16.3 Å². The quantitative estimate of drug-likeness (QED) is 0.850. The summed E-state index contributed by atoms with van der Waals surface area (Å²) in [4.78, 5) is 0. The fourth-order valence-corrected chi connectivity index (χ4v) is 2.72. The molecule has 1 atom stereocenters. The van der Waals surface area contributed by atoms with Crippen molar-refractivity contribution in [1.29, 1.82) is 0 Å². The maximum atomic E-state index is 4.49. The molecule has 0 radical (unpaired) electrons. The molecule has 0 aliphatic heterocycles. The third-order valence-electron chi connectivity index (χ3n) is 4.49. The molecule has 1 aromatic heterocycles. The van der Waals surface area contributed by atoms with E-state index in [9.17, 15) is 0 Å². The summed E-state index contributed by atoms with van der Waals surface area (Å²) in [6, 6.07) is 0.410. The molecular formula is C14H25N3. The zero-order chi connectivity index (χ0) is 12.6. The number of aryl methyl sites for hydroxylation is 2. The van der Waals surface area contributed by atoms with Gasteiger partial charge in [0.05, 0.1) is 5.69 Å². The Labute approximate surface area is 105 Å². The lowest BCUT2D eigenvalue weighted by Crippen LogP contribution is -2.27. The van der Waals surface area contributed by atoms with Crippen molar-refractivity contribution in [2.45, 2.75) is 53.0 Å². The molecule has 0 bridgehead atoms. The molecule has 1 heterocycles. The molecule has 2 rings (SSSR count). The minimum Gasteiger partial charge on any atom is -0.310 e. The summed E-state index contributed by atoms with van der Waals surface area (Å²) in [5, 5.41) is 8.18. The first-order valence-corrected chi connectivity index (χ1v) is 6.72. The maximum absolute atomic E-state index is 4.49. The molecule has 96 valence electrons. The lowest BCUT2D eigenvalue weighted by molar-refractivity contribution is 0.414. The molecule has 0 aromatic carbocycles. The van der Waals surface area contributed by atoms with Crippen molar-refractivity contribution in [1.82, 2.24) is 15.1 Å². The normalized spacial score (nSPS) is 19.4. The first-order chi connectivity index (χ1) is 7.99. The Morgan fingerprint density at radius 3 is 2.47 bits per heavy atom. The summed E-state index contributed by atoms with van der Waals surface area (Å²) < 4.78 is 1.98. The number of hydrogen-bond acceptors (Lipinski definition) is 2. The van der Waals surface area contributed by atoms with E-state index in [1.165, 1.54) is 30.5 Å². The molecule has 0 spiro atoms. The van der Waals surface area contributed by atoms with E-state index in [2.05, 4.69) is 38.1 Å². The Balaban J connectivity index is 2.02. The van der Waals surface area contributed by atoms with Crippen LogP contribution in [0.4, 0.5) is 0 Å². The van der Waals surface area contributed by atoms with Crippen LogP contribution in [0.3, 0.4) is 0 Å². The van der Waals surface area contributed by atoms with Crippen LogP contribution >= 0.6 is 0 Å². The van der Waals surface area contributed by atoms with Crippen LogP contribution < -0.4 is 5.32 Å². The summed E-state index contributed by atoms with van der Waals surface area (Å²) in [5.74, 6) is 0. The van der Waals surface area contributed by atoms with Gasteiger partial charge in [-0.05, 0) is 45.4 Å². The van der Waals surface area contributed by atoms with Crippen LogP contribution in [0.1, 0.15) is 56.1 Å². The van der Waals surface area contributed by atoms with Gasteiger partial charge >= 0.3 is 0 Å². The number of aromatic nitrogens is 2. The number of hydrogen-bond donors (Lipinski definition) is 1. The first kappa shape index (κ1) is 12.6. The highest BCUT2D eigenvalue weighted by Crippen LogP contribution is 2.48. The molecule has 1 saturated carbocycles. The summed E-state index contributed by atoms with van der Waals surface area (Å²) in [6.45, 7) is 9.97. The van der Waals surface area contributed by atoms with Gasteiger partial charge in [0.1, 0.15) is 0 Å². The van der Waals surface area contributed by atoms with E-state index < -0.39 is 0 Å². The number of nitrogens with one attached hydrogen (secondary N) is 1. The molecule has 0 amide bonds. The largest absolute Gasteiger partial charge is 0.310 e. The van der Waals surface area contributed by atoms with Gasteiger partial charge in [0, 0.05) is 30.9 Å². The van der Waals surface area contributed by atoms with Crippen LogP contribution in [0.5, 0.6) is 0 Å². The van der Waals surface area contributed by atoms with Crippen molar-refractivity contribution >= 4 is 0 Å². The Hall–Kier alpha value is -0.830. The third kappa shape index (κ3) is 2.39. The molecule has 1 aliphatic rings. The van der Waals surface area contributed by atoms with Crippen LogP contribution in [0.15, 0.2) is 0 Å². The van der Waals surface area contributed by atoms with Crippen LogP contribution in [-0.2, 0) is 7.05 Å². The van der Waals surface area contributed by atoms with Crippen molar-refractivity contribution < 1.29 is 0 Å². The monoisotopic (exact) mass is 235 g/mol. The third-order valence-corrected chi connectivity index (χ3v) is 4.49. The van der Waals surface area contributed by atoms with Gasteiger partial charge in [-0.1, -0.05) is 6.92 Å². The summed E-state index contributed by atoms with van der Waals surface area (Å²) >= 11 is 0. The van der Waals surface area contributed by atoms with Crippen molar-refractivity contribution in [3.8, 4) is 0 Å². The fraction of sp³-hybridized carbons (Fsp3) is 0.786. The number of rotatable bonds is 5. The molecule has 1 aromatic rings. The van der Waals surface area contributed by atoms with Crippen molar-refractivity contribution in [2.24, 2.45) is 12.5 Å². The Morgan fingerprint density at radius 1 is 1.41 bits per heavy atom. The standard InChI is InChI=1S/C14H25N3/c1-6-14(7-8-14)9-15-10(2)13-11(3)16-17(5)12(13)4/h10,15H,6-9H2,1-5H3. The maximum Gasteiger partial charge on any atom is 0.0644 e. The summed E-state index contributed by atoms with van der Waals surface area (Å²) in [5.41, 5.74) is 4.42. The molecule has 1 unspecified atom stereocenters. The zero-order valence-corrected chi connectivity index (χ0v) is 11.8. The molecule has 3 heteroatoms. The molecular weight excluding hydrogens is 210 g/mol. The SMILES string of the molecule is CCC1(CNC(C)c2c(C)nn(C)c2C)CC1. The van der Waals surface area contributed by atoms with E-state index in [1.54, 1.807) is 0 Å². The average molecular weight is 235 g/mol. The summed E-state index contributed by atoms with van der Waals surface area (Å²) in [6.07, 6.45) is 4.10. The highest BCUT2D eigenvalue weighted by molar-refractivity contribution is 5.27. The van der Waals surface area contributed by atoms with E-state index in [-0.39, 0.29) is 0 Å². The summed E-state index contributed by atoms with van der Waals surface area (Å²) in [7, 11) is 2.02. The van der Waals surface area contributed by atoms with Crippen molar-refractivity contribution in [3.63, 3.8) is 0 Å². The first-order valence-electron chi connectivity index (χ1n) is 6.72. The van der Waals surface area contributed by atoms with Crippen LogP contribution in [0, 0.1) is 19.3 Å². The van der Waals surface area contributed by atoms with Gasteiger partial charge in [-0.3, -0.25) is 4.68 Å². The minimum absolute atomic E-state index is 0.410. The molecule has 17 heavy (non-hydrogen) atoms. The highest BCUT2D eigenvalue weighted by Gasteiger charge is 2.40.